The fraction of sp³-hybridized carbons (Fsp3) is 0.222. The Kier molecular flexibility index (Phi) is 7.62. The van der Waals surface area contributed by atoms with E-state index in [0.29, 0.717) is 28.6 Å². The molecular weight excluding hydrogens is 374 g/mol. The predicted molar refractivity (Wildman–Crippen MR) is 104 cm³/mol. The zero-order chi connectivity index (χ0) is 18.9. The Balaban J connectivity index is 1.77. The smallest absolute Gasteiger partial charge is 0.319 e. The van der Waals surface area contributed by atoms with Crippen LogP contribution in [0.15, 0.2) is 53.4 Å². The number of halogens is 1. The molecule has 2 rings (SSSR count). The summed E-state index contributed by atoms with van der Waals surface area (Å²) in [6.45, 7) is 0.325. The van der Waals surface area contributed by atoms with Crippen molar-refractivity contribution in [1.82, 2.24) is 10.6 Å². The van der Waals surface area contributed by atoms with Crippen LogP contribution >= 0.6 is 11.6 Å². The van der Waals surface area contributed by atoms with Gasteiger partial charge in [-0.25, -0.2) is 4.79 Å². The van der Waals surface area contributed by atoms with E-state index in [0.717, 1.165) is 5.56 Å². The molecule has 0 aromatic heterocycles. The predicted octanol–water partition coefficient (Wildman–Crippen LogP) is 2.56. The fourth-order valence-electron chi connectivity index (χ4n) is 2.28. The molecule has 0 spiro atoms. The first-order chi connectivity index (χ1) is 12.5. The monoisotopic (exact) mass is 393 g/mol. The highest BCUT2D eigenvalue weighted by molar-refractivity contribution is 7.84. The van der Waals surface area contributed by atoms with Gasteiger partial charge in [-0.2, -0.15) is 0 Å². The minimum atomic E-state index is -1.36. The van der Waals surface area contributed by atoms with E-state index in [1.165, 1.54) is 6.26 Å². The van der Waals surface area contributed by atoms with Crippen molar-refractivity contribution in [2.75, 3.05) is 24.7 Å². The summed E-state index contributed by atoms with van der Waals surface area (Å²) >= 11 is 6.01. The van der Waals surface area contributed by atoms with Gasteiger partial charge in [0.25, 0.3) is 0 Å². The van der Waals surface area contributed by atoms with Crippen molar-refractivity contribution in [3.8, 4) is 0 Å². The molecule has 0 fully saturated rings. The lowest BCUT2D eigenvalue weighted by Gasteiger charge is -2.12. The quantitative estimate of drug-likeness (QED) is 0.675. The van der Waals surface area contributed by atoms with Crippen LogP contribution in [0.2, 0.25) is 5.02 Å². The first kappa shape index (κ1) is 19.9. The molecule has 0 heterocycles. The number of urea groups is 1. The van der Waals surface area contributed by atoms with Gasteiger partial charge >= 0.3 is 6.03 Å². The van der Waals surface area contributed by atoms with Gasteiger partial charge in [-0.15, -0.1) is 0 Å². The Morgan fingerprint density at radius 1 is 1.04 bits per heavy atom. The molecule has 0 saturated heterocycles. The summed E-state index contributed by atoms with van der Waals surface area (Å²) in [5.41, 5.74) is 1.47. The summed E-state index contributed by atoms with van der Waals surface area (Å²) in [4.78, 5) is 24.1. The van der Waals surface area contributed by atoms with Crippen molar-refractivity contribution in [1.29, 1.82) is 0 Å². The van der Waals surface area contributed by atoms with Gasteiger partial charge in [0, 0.05) is 12.8 Å². The zero-order valence-corrected chi connectivity index (χ0v) is 15.8. The van der Waals surface area contributed by atoms with Gasteiger partial charge in [0.2, 0.25) is 5.91 Å². The molecule has 8 heteroatoms. The number of carbonyl (C=O) groups is 2. The molecule has 1 unspecified atom stereocenters. The molecular formula is C18H20ClN3O3S. The van der Waals surface area contributed by atoms with Crippen LogP contribution in [0.25, 0.3) is 0 Å². The van der Waals surface area contributed by atoms with E-state index in [9.17, 15) is 13.8 Å². The summed E-state index contributed by atoms with van der Waals surface area (Å²) in [5, 5.41) is 8.07. The maximum atomic E-state index is 12.0. The molecule has 6 nitrogen and oxygen atoms in total. The summed E-state index contributed by atoms with van der Waals surface area (Å²) in [5.74, 6) is -0.290. The van der Waals surface area contributed by atoms with E-state index in [-0.39, 0.29) is 12.5 Å². The van der Waals surface area contributed by atoms with Crippen molar-refractivity contribution in [3.63, 3.8) is 0 Å². The van der Waals surface area contributed by atoms with Crippen LogP contribution in [0.5, 0.6) is 0 Å². The lowest BCUT2D eigenvalue weighted by Crippen LogP contribution is -2.39. The number of amides is 3. The number of nitrogens with one attached hydrogen (secondary N) is 3. The van der Waals surface area contributed by atoms with Crippen LogP contribution in [0.3, 0.4) is 0 Å². The Bertz CT molecular complexity index is 800. The van der Waals surface area contributed by atoms with Crippen molar-refractivity contribution >= 4 is 40.0 Å². The third-order valence-corrected chi connectivity index (χ3v) is 4.93. The third kappa shape index (κ3) is 6.16. The summed E-state index contributed by atoms with van der Waals surface area (Å²) in [6, 6.07) is 14.1. The Morgan fingerprint density at radius 3 is 2.46 bits per heavy atom. The molecule has 0 radical (unpaired) electrons. The lowest BCUT2D eigenvalue weighted by molar-refractivity contribution is -0.120. The topological polar surface area (TPSA) is 87.3 Å². The van der Waals surface area contributed by atoms with E-state index in [4.69, 9.17) is 11.6 Å². The molecule has 0 aliphatic carbocycles. The van der Waals surface area contributed by atoms with Gasteiger partial charge in [-0.1, -0.05) is 48.0 Å². The standard InChI is InChI=1S/C18H20ClN3O3S/c1-26(25)17-14(19)8-5-9-15(17)22-18(24)21-12-16(23)20-11-10-13-6-3-2-4-7-13/h2-9H,10-12H2,1H3,(H,20,23)(H2,21,22,24). The summed E-state index contributed by atoms with van der Waals surface area (Å²) in [7, 11) is -1.36. The van der Waals surface area contributed by atoms with Gasteiger partial charge in [0.05, 0.1) is 32.9 Å². The minimum Gasteiger partial charge on any atom is -0.354 e. The molecule has 3 N–H and O–H groups in total. The van der Waals surface area contributed by atoms with Gasteiger partial charge in [-0.3, -0.25) is 9.00 Å². The second kappa shape index (κ2) is 9.94. The van der Waals surface area contributed by atoms with Gasteiger partial charge < -0.3 is 16.0 Å². The van der Waals surface area contributed by atoms with Crippen molar-refractivity contribution in [3.05, 3.63) is 59.1 Å². The van der Waals surface area contributed by atoms with Crippen molar-refractivity contribution in [2.24, 2.45) is 0 Å². The van der Waals surface area contributed by atoms with E-state index < -0.39 is 16.8 Å². The second-order valence-corrected chi connectivity index (χ2v) is 7.19. The number of rotatable bonds is 7. The van der Waals surface area contributed by atoms with E-state index in [2.05, 4.69) is 16.0 Å². The number of anilines is 1. The number of hydrogen-bond acceptors (Lipinski definition) is 3. The molecule has 0 saturated carbocycles. The first-order valence-electron chi connectivity index (χ1n) is 7.95. The molecule has 3 amide bonds. The number of benzene rings is 2. The second-order valence-electron chi connectivity index (χ2n) is 5.46. The molecule has 26 heavy (non-hydrogen) atoms. The fourth-order valence-corrected chi connectivity index (χ4v) is 3.55. The third-order valence-electron chi connectivity index (χ3n) is 3.49. The first-order valence-corrected chi connectivity index (χ1v) is 9.88. The van der Waals surface area contributed by atoms with E-state index >= 15 is 0 Å². The van der Waals surface area contributed by atoms with Crippen LogP contribution < -0.4 is 16.0 Å². The highest BCUT2D eigenvalue weighted by Crippen LogP contribution is 2.27. The van der Waals surface area contributed by atoms with Crippen LogP contribution in [0.4, 0.5) is 10.5 Å². The normalized spacial score (nSPS) is 11.5. The summed E-state index contributed by atoms with van der Waals surface area (Å²) in [6.07, 6.45) is 2.19. The maximum Gasteiger partial charge on any atom is 0.319 e. The SMILES string of the molecule is CS(=O)c1c(Cl)cccc1NC(=O)NCC(=O)NCCc1ccccc1. The molecule has 0 bridgehead atoms. The maximum absolute atomic E-state index is 12.0. The minimum absolute atomic E-state index is 0.161. The van der Waals surface area contributed by atoms with Gasteiger partial charge in [0.15, 0.2) is 0 Å². The average Bonchev–Trinajstić information content (AvgIpc) is 2.60. The van der Waals surface area contributed by atoms with Crippen LogP contribution in [-0.2, 0) is 22.0 Å². The van der Waals surface area contributed by atoms with Crippen LogP contribution in [0.1, 0.15) is 5.56 Å². The highest BCUT2D eigenvalue weighted by atomic mass is 35.5. The average molecular weight is 394 g/mol. The number of hydrogen-bond donors (Lipinski definition) is 3. The van der Waals surface area contributed by atoms with Crippen LogP contribution in [-0.4, -0.2) is 35.5 Å². The van der Waals surface area contributed by atoms with E-state index in [1.807, 2.05) is 30.3 Å². The van der Waals surface area contributed by atoms with Crippen molar-refractivity contribution in [2.45, 2.75) is 11.3 Å². The molecule has 0 aliphatic rings. The Morgan fingerprint density at radius 2 is 1.77 bits per heavy atom. The molecule has 2 aromatic rings. The Hall–Kier alpha value is -2.38. The highest BCUT2D eigenvalue weighted by Gasteiger charge is 2.13. The van der Waals surface area contributed by atoms with E-state index in [1.54, 1.807) is 18.2 Å². The largest absolute Gasteiger partial charge is 0.354 e. The molecule has 2 aromatic carbocycles. The molecule has 138 valence electrons. The van der Waals surface area contributed by atoms with Gasteiger partial charge in [0.1, 0.15) is 0 Å². The molecule has 1 atom stereocenters. The lowest BCUT2D eigenvalue weighted by atomic mass is 10.1. The number of carbonyl (C=O) groups excluding carboxylic acids is 2. The van der Waals surface area contributed by atoms with Gasteiger partial charge in [-0.05, 0) is 24.1 Å². The summed E-state index contributed by atoms with van der Waals surface area (Å²) < 4.78 is 11.8. The van der Waals surface area contributed by atoms with Crippen LogP contribution in [0, 0.1) is 0 Å². The zero-order valence-electron chi connectivity index (χ0n) is 14.3. The Labute approximate surface area is 159 Å². The van der Waals surface area contributed by atoms with Crippen molar-refractivity contribution < 1.29 is 13.8 Å². The molecule has 0 aliphatic heterocycles.